The van der Waals surface area contributed by atoms with Crippen LogP contribution in [0, 0.1) is 19.3 Å². The molecule has 10 aromatic carbocycles. The summed E-state index contributed by atoms with van der Waals surface area (Å²) in [6.07, 6.45) is 2.07. The minimum absolute atomic E-state index is 0.0116. The Morgan fingerprint density at radius 1 is 0.393 bits per heavy atom. The van der Waals surface area contributed by atoms with Crippen molar-refractivity contribution in [1.82, 2.24) is 0 Å². The molecule has 5 heteroatoms. The molecular formula is C84H89BN4. The van der Waals surface area contributed by atoms with Gasteiger partial charge in [-0.3, -0.25) is 0 Å². The first-order valence-corrected chi connectivity index (χ1v) is 32.5. The number of fused-ring (bicyclic) bond motifs is 5. The molecule has 0 atom stereocenters. The highest BCUT2D eigenvalue weighted by molar-refractivity contribution is 7.00. The molecule has 89 heavy (non-hydrogen) atoms. The molecule has 448 valence electrons. The second-order valence-electron chi connectivity index (χ2n) is 30.9. The number of anilines is 11. The first-order chi connectivity index (χ1) is 42.2. The summed E-state index contributed by atoms with van der Waals surface area (Å²) in [5, 5.41) is 0. The van der Waals surface area contributed by atoms with E-state index in [4.69, 9.17) is 0 Å². The van der Waals surface area contributed by atoms with E-state index in [1.54, 1.807) is 0 Å². The number of hydrogen-bond acceptors (Lipinski definition) is 4. The average Bonchev–Trinajstić information content (AvgIpc) is 1.20. The Kier molecular flexibility index (Phi) is 14.6. The van der Waals surface area contributed by atoms with E-state index in [-0.39, 0.29) is 33.8 Å². The molecule has 0 unspecified atom stereocenters. The molecule has 0 saturated heterocycles. The number of nitrogens with zero attached hydrogens (tertiary/aromatic N) is 4. The summed E-state index contributed by atoms with van der Waals surface area (Å²) in [6.45, 7) is 37.7. The van der Waals surface area contributed by atoms with Crippen LogP contribution in [0.2, 0.25) is 0 Å². The van der Waals surface area contributed by atoms with E-state index in [1.165, 1.54) is 100 Å². The van der Waals surface area contributed by atoms with E-state index in [9.17, 15) is 0 Å². The molecule has 0 fully saturated rings. The molecule has 4 nitrogen and oxygen atoms in total. The quantitative estimate of drug-likeness (QED) is 0.127. The minimum Gasteiger partial charge on any atom is -0.338 e. The van der Waals surface area contributed by atoms with Gasteiger partial charge in [0.1, 0.15) is 0 Å². The summed E-state index contributed by atoms with van der Waals surface area (Å²) in [4.78, 5) is 10.4. The minimum atomic E-state index is -0.119. The maximum Gasteiger partial charge on any atom is 0.252 e. The van der Waals surface area contributed by atoms with E-state index in [1.807, 2.05) is 0 Å². The highest BCUT2D eigenvalue weighted by Gasteiger charge is 2.46. The zero-order valence-electron chi connectivity index (χ0n) is 55.7. The van der Waals surface area contributed by atoms with Crippen LogP contribution in [0.3, 0.4) is 0 Å². The lowest BCUT2D eigenvalue weighted by atomic mass is 9.33. The topological polar surface area (TPSA) is 13.0 Å². The lowest BCUT2D eigenvalue weighted by Crippen LogP contribution is -2.62. The van der Waals surface area contributed by atoms with Crippen molar-refractivity contribution in [2.75, 3.05) is 19.6 Å². The lowest BCUT2D eigenvalue weighted by Gasteiger charge is -2.46. The van der Waals surface area contributed by atoms with Crippen molar-refractivity contribution in [3.8, 4) is 11.1 Å². The summed E-state index contributed by atoms with van der Waals surface area (Å²) < 4.78 is 0. The molecule has 10 aromatic rings. The molecule has 0 saturated carbocycles. The normalized spacial score (nSPS) is 14.3. The summed E-state index contributed by atoms with van der Waals surface area (Å²) in [5.41, 5.74) is 31.1. The van der Waals surface area contributed by atoms with Crippen molar-refractivity contribution in [2.45, 2.75) is 152 Å². The molecule has 1 aliphatic carbocycles. The lowest BCUT2D eigenvalue weighted by molar-refractivity contribution is 0.392. The first kappa shape index (κ1) is 59.4. The number of hydrogen-bond donors (Lipinski definition) is 0. The van der Waals surface area contributed by atoms with Crippen LogP contribution in [0.15, 0.2) is 212 Å². The summed E-state index contributed by atoms with van der Waals surface area (Å²) in [5.74, 6) is 0. The van der Waals surface area contributed by atoms with Gasteiger partial charge in [-0.2, -0.15) is 0 Å². The van der Waals surface area contributed by atoms with Gasteiger partial charge in [-0.1, -0.05) is 223 Å². The van der Waals surface area contributed by atoms with Crippen molar-refractivity contribution in [3.05, 3.63) is 262 Å². The van der Waals surface area contributed by atoms with Gasteiger partial charge in [-0.05, 0) is 217 Å². The van der Waals surface area contributed by atoms with Gasteiger partial charge in [0.15, 0.2) is 0 Å². The van der Waals surface area contributed by atoms with Crippen LogP contribution in [-0.2, 0) is 41.0 Å². The van der Waals surface area contributed by atoms with Gasteiger partial charge in [-0.15, -0.1) is 0 Å². The van der Waals surface area contributed by atoms with Crippen molar-refractivity contribution in [3.63, 3.8) is 0 Å². The van der Waals surface area contributed by atoms with E-state index in [0.29, 0.717) is 6.54 Å². The Balaban J connectivity index is 1.15. The molecule has 2 heterocycles. The van der Waals surface area contributed by atoms with Crippen LogP contribution >= 0.6 is 0 Å². The van der Waals surface area contributed by atoms with Gasteiger partial charge in [0, 0.05) is 63.4 Å². The van der Waals surface area contributed by atoms with Gasteiger partial charge in [-0.25, -0.2) is 0 Å². The Morgan fingerprint density at radius 3 is 1.42 bits per heavy atom. The predicted octanol–water partition coefficient (Wildman–Crippen LogP) is 21.2. The summed E-state index contributed by atoms with van der Waals surface area (Å²) in [7, 11) is 0. The fourth-order valence-electron chi connectivity index (χ4n) is 14.2. The number of rotatable bonds is 10. The zero-order valence-corrected chi connectivity index (χ0v) is 55.7. The van der Waals surface area contributed by atoms with Gasteiger partial charge in [0.25, 0.3) is 6.71 Å². The molecular weight excluding hydrogens is 1080 g/mol. The van der Waals surface area contributed by atoms with Crippen molar-refractivity contribution < 1.29 is 0 Å². The van der Waals surface area contributed by atoms with Crippen molar-refractivity contribution in [2.24, 2.45) is 5.41 Å². The largest absolute Gasteiger partial charge is 0.338 e. The third-order valence-electron chi connectivity index (χ3n) is 19.2. The Labute approximate surface area is 533 Å². The molecule has 13 rings (SSSR count). The van der Waals surface area contributed by atoms with Crippen LogP contribution in [0.4, 0.5) is 62.6 Å². The Hall–Kier alpha value is -8.54. The fraction of sp³-hybridized carbons (Fsp3) is 0.286. The van der Waals surface area contributed by atoms with Gasteiger partial charge in [0.2, 0.25) is 0 Å². The van der Waals surface area contributed by atoms with E-state index < -0.39 is 0 Å². The molecule has 0 amide bonds. The third-order valence-corrected chi connectivity index (χ3v) is 19.2. The molecule has 0 spiro atoms. The summed E-state index contributed by atoms with van der Waals surface area (Å²) in [6, 6.07) is 82.5. The second-order valence-corrected chi connectivity index (χ2v) is 30.9. The standard InChI is InChI=1S/C84H89BN4/c1-55-25-35-65(36-26-55)87(66-37-27-56(2)28-38-66)70-43-44-75-74(49-70)85-73-45-59-52-84(15,16)53-60(59)46-76(73)86(54-58-29-30-64(83(12,13)14)48-72(58)57-21-18-17-19-22-57)77-50-71(51-78(79(77)85)89(75)69-24-20-23-63(47-69)82(9,10)11)88(67-39-31-61(32-40-67)80(3,4)5)68-41-33-62(34-42-68)81(6,7)8/h17-51H,52-54H2,1-16H3. The molecule has 2 aliphatic heterocycles. The summed E-state index contributed by atoms with van der Waals surface area (Å²) >= 11 is 0. The molecule has 0 bridgehead atoms. The van der Waals surface area contributed by atoms with E-state index >= 15 is 0 Å². The highest BCUT2D eigenvalue weighted by atomic mass is 15.2. The SMILES string of the molecule is Cc1ccc(N(c2ccc(C)cc2)c2ccc3c(c2)B2c4cc5c(cc4N(Cc4ccc(C(C)(C)C)cc4-c4ccccc4)c4cc(N(c6ccc(C(C)(C)C)cc6)c6ccc(C(C)(C)C)cc6)cc(c42)N3c2cccc(C(C)(C)C)c2)CC(C)(C)C5)cc1. The maximum atomic E-state index is 2.74. The zero-order chi connectivity index (χ0) is 62.7. The highest BCUT2D eigenvalue weighted by Crippen LogP contribution is 2.50. The maximum absolute atomic E-state index is 2.74. The van der Waals surface area contributed by atoms with Gasteiger partial charge in [0.05, 0.1) is 5.69 Å². The number of benzene rings is 10. The molecule has 0 radical (unpaired) electrons. The fourth-order valence-corrected chi connectivity index (χ4v) is 14.2. The van der Waals surface area contributed by atoms with Gasteiger partial charge >= 0.3 is 0 Å². The second kappa shape index (κ2) is 21.9. The Bertz CT molecular complexity index is 4200. The average molecular weight is 1170 g/mol. The van der Waals surface area contributed by atoms with Crippen LogP contribution in [0.25, 0.3) is 11.1 Å². The van der Waals surface area contributed by atoms with Crippen LogP contribution in [-0.4, -0.2) is 6.71 Å². The van der Waals surface area contributed by atoms with Crippen LogP contribution in [0.5, 0.6) is 0 Å². The first-order valence-electron chi connectivity index (χ1n) is 32.5. The van der Waals surface area contributed by atoms with Crippen LogP contribution < -0.4 is 36.0 Å². The molecule has 3 aliphatic rings. The van der Waals surface area contributed by atoms with Gasteiger partial charge < -0.3 is 19.6 Å². The molecule has 0 N–H and O–H groups in total. The van der Waals surface area contributed by atoms with E-state index in [2.05, 4.69) is 343 Å². The molecule has 0 aromatic heterocycles. The Morgan fingerprint density at radius 2 is 0.865 bits per heavy atom. The van der Waals surface area contributed by atoms with Crippen molar-refractivity contribution >= 4 is 85.7 Å². The third kappa shape index (κ3) is 11.3. The monoisotopic (exact) mass is 1160 g/mol. The smallest absolute Gasteiger partial charge is 0.252 e. The predicted molar refractivity (Wildman–Crippen MR) is 385 cm³/mol. The van der Waals surface area contributed by atoms with E-state index in [0.717, 1.165) is 52.7 Å². The van der Waals surface area contributed by atoms with Crippen molar-refractivity contribution in [1.29, 1.82) is 0 Å². The van der Waals surface area contributed by atoms with Crippen LogP contribution in [0.1, 0.15) is 147 Å². The number of aryl methyl sites for hydroxylation is 2.